The number of hydrogen-bond acceptors (Lipinski definition) is 8. The topological polar surface area (TPSA) is 106 Å². The van der Waals surface area contributed by atoms with Crippen molar-refractivity contribution in [3.63, 3.8) is 0 Å². The summed E-state index contributed by atoms with van der Waals surface area (Å²) in [6, 6.07) is 9.98. The average molecular weight is 547 g/mol. The van der Waals surface area contributed by atoms with Crippen LogP contribution >= 0.6 is 0 Å². The zero-order chi connectivity index (χ0) is 28.2. The molecule has 10 nitrogen and oxygen atoms in total. The van der Waals surface area contributed by atoms with Crippen LogP contribution in [0, 0.1) is 6.92 Å². The highest BCUT2D eigenvalue weighted by Gasteiger charge is 2.46. The maximum absolute atomic E-state index is 13.6. The number of carbonyl (C=O) groups is 2. The number of hydrogen-bond donors (Lipinski definition) is 1. The van der Waals surface area contributed by atoms with Crippen molar-refractivity contribution in [2.45, 2.75) is 19.9 Å². The van der Waals surface area contributed by atoms with Crippen LogP contribution in [0.2, 0.25) is 0 Å². The van der Waals surface area contributed by atoms with E-state index in [2.05, 4.69) is 16.5 Å². The van der Waals surface area contributed by atoms with Crippen molar-refractivity contribution in [3.05, 3.63) is 77.8 Å². The highest BCUT2D eigenvalue weighted by Crippen LogP contribution is 2.42. The van der Waals surface area contributed by atoms with Crippen molar-refractivity contribution >= 4 is 23.1 Å². The minimum absolute atomic E-state index is 0.0166. The second-order valence-electron chi connectivity index (χ2n) is 9.66. The number of imidazole rings is 1. The molecule has 5 rings (SSSR count). The monoisotopic (exact) mass is 546 g/mol. The molecule has 2 saturated heterocycles. The fourth-order valence-corrected chi connectivity index (χ4v) is 5.29. The number of aryl methyl sites for hydroxylation is 1. The van der Waals surface area contributed by atoms with Gasteiger partial charge in [-0.15, -0.1) is 0 Å². The first-order valence-corrected chi connectivity index (χ1v) is 13.5. The van der Waals surface area contributed by atoms with Gasteiger partial charge in [-0.2, -0.15) is 0 Å². The maximum atomic E-state index is 13.6. The lowest BCUT2D eigenvalue weighted by molar-refractivity contribution is -0.140. The highest BCUT2D eigenvalue weighted by atomic mass is 16.5. The van der Waals surface area contributed by atoms with Crippen molar-refractivity contribution in [2.24, 2.45) is 0 Å². The minimum atomic E-state index is -0.831. The number of ketones is 1. The van der Waals surface area contributed by atoms with Crippen LogP contribution < -0.4 is 9.47 Å². The van der Waals surface area contributed by atoms with Crippen molar-refractivity contribution < 1.29 is 28.9 Å². The van der Waals surface area contributed by atoms with Gasteiger partial charge in [0, 0.05) is 32.4 Å². The molecule has 0 aliphatic carbocycles. The normalized spacial score (nSPS) is 19.4. The Hall–Kier alpha value is -4.15. The van der Waals surface area contributed by atoms with E-state index in [-0.39, 0.29) is 11.3 Å². The smallest absolute Gasteiger partial charge is 0.295 e. The zero-order valence-corrected chi connectivity index (χ0v) is 22.8. The largest absolute Gasteiger partial charge is 0.505 e. The average Bonchev–Trinajstić information content (AvgIpc) is 3.43. The van der Waals surface area contributed by atoms with Gasteiger partial charge in [-0.05, 0) is 43.7 Å². The Balaban J connectivity index is 1.63. The summed E-state index contributed by atoms with van der Waals surface area (Å²) in [5, 5.41) is 11.7. The first kappa shape index (κ1) is 27.4. The second-order valence-corrected chi connectivity index (χ2v) is 9.66. The van der Waals surface area contributed by atoms with Gasteiger partial charge in [-0.25, -0.2) is 4.98 Å². The van der Waals surface area contributed by atoms with E-state index in [4.69, 9.17) is 14.2 Å². The van der Waals surface area contributed by atoms with E-state index in [9.17, 15) is 14.7 Å². The van der Waals surface area contributed by atoms with E-state index < -0.39 is 17.7 Å². The number of ether oxygens (including phenoxy) is 3. The molecular weight excluding hydrogens is 512 g/mol. The molecule has 4 heterocycles. The van der Waals surface area contributed by atoms with E-state index in [1.807, 2.05) is 25.1 Å². The van der Waals surface area contributed by atoms with Gasteiger partial charge in [0.05, 0.1) is 37.1 Å². The van der Waals surface area contributed by atoms with Gasteiger partial charge in [0.15, 0.2) is 17.3 Å². The number of morpholine rings is 1. The van der Waals surface area contributed by atoms with Crippen LogP contribution in [0.25, 0.3) is 11.4 Å². The molecule has 2 aromatic heterocycles. The lowest BCUT2D eigenvalue weighted by atomic mass is 9.96. The van der Waals surface area contributed by atoms with Crippen molar-refractivity contribution in [3.8, 4) is 11.5 Å². The number of fused-ring (bicyclic) bond motifs is 1. The third-order valence-electron chi connectivity index (χ3n) is 7.17. The number of Topliss-reactive ketones (excluding diaryl/α,β-unsaturated/α-hetero) is 1. The van der Waals surface area contributed by atoms with Crippen molar-refractivity contribution in [1.29, 1.82) is 0 Å². The molecule has 210 valence electrons. The summed E-state index contributed by atoms with van der Waals surface area (Å²) in [4.78, 5) is 35.4. The Morgan fingerprint density at radius 1 is 1.15 bits per heavy atom. The van der Waals surface area contributed by atoms with Gasteiger partial charge in [-0.3, -0.25) is 18.9 Å². The lowest BCUT2D eigenvalue weighted by Gasteiger charge is -2.31. The Morgan fingerprint density at radius 2 is 1.95 bits per heavy atom. The Bertz CT molecular complexity index is 1460. The molecule has 1 amide bonds. The second kappa shape index (κ2) is 11.9. The summed E-state index contributed by atoms with van der Waals surface area (Å²) in [7, 11) is 0. The maximum Gasteiger partial charge on any atom is 0.295 e. The molecule has 40 heavy (non-hydrogen) atoms. The summed E-state index contributed by atoms with van der Waals surface area (Å²) < 4.78 is 18.8. The van der Waals surface area contributed by atoms with Crippen molar-refractivity contribution in [1.82, 2.24) is 19.2 Å². The summed E-state index contributed by atoms with van der Waals surface area (Å²) >= 11 is 0. The molecule has 2 aliphatic heterocycles. The molecule has 2 aliphatic rings. The van der Waals surface area contributed by atoms with Crippen LogP contribution in [0.5, 0.6) is 11.5 Å². The van der Waals surface area contributed by atoms with Crippen LogP contribution in [0.3, 0.4) is 0 Å². The summed E-state index contributed by atoms with van der Waals surface area (Å²) in [6.07, 6.45) is 3.41. The van der Waals surface area contributed by atoms with Crippen LogP contribution in [-0.2, 0) is 14.3 Å². The summed E-state index contributed by atoms with van der Waals surface area (Å²) in [6.45, 7) is 11.6. The number of rotatable bonds is 10. The van der Waals surface area contributed by atoms with E-state index in [0.717, 1.165) is 13.1 Å². The number of amides is 1. The molecule has 0 saturated carbocycles. The minimum Gasteiger partial charge on any atom is -0.505 e. The van der Waals surface area contributed by atoms with Crippen LogP contribution in [0.15, 0.2) is 60.8 Å². The number of benzene rings is 1. The first-order valence-electron chi connectivity index (χ1n) is 13.5. The third kappa shape index (κ3) is 5.20. The number of aliphatic hydroxyl groups is 1. The van der Waals surface area contributed by atoms with Crippen LogP contribution in [-0.4, -0.2) is 88.6 Å². The highest BCUT2D eigenvalue weighted by molar-refractivity contribution is 6.46. The summed E-state index contributed by atoms with van der Waals surface area (Å²) in [5.41, 5.74) is 2.20. The molecule has 0 spiro atoms. The van der Waals surface area contributed by atoms with Crippen LogP contribution in [0.4, 0.5) is 0 Å². The molecule has 10 heteroatoms. The van der Waals surface area contributed by atoms with Gasteiger partial charge >= 0.3 is 0 Å². The molecule has 1 aromatic carbocycles. The van der Waals surface area contributed by atoms with Gasteiger partial charge in [-0.1, -0.05) is 24.8 Å². The number of pyridine rings is 1. The molecular formula is C30H34N4O6. The van der Waals surface area contributed by atoms with Gasteiger partial charge in [0.2, 0.25) is 0 Å². The Morgan fingerprint density at radius 3 is 2.70 bits per heavy atom. The fourth-order valence-electron chi connectivity index (χ4n) is 5.29. The quantitative estimate of drug-likeness (QED) is 0.179. The number of likely N-dealkylation sites (tertiary alicyclic amines) is 1. The molecule has 1 unspecified atom stereocenters. The molecule has 0 radical (unpaired) electrons. The van der Waals surface area contributed by atoms with E-state index in [1.165, 1.54) is 4.90 Å². The molecule has 0 bridgehead atoms. The number of aromatic nitrogens is 2. The molecule has 1 N–H and O–H groups in total. The Labute approximate surface area is 233 Å². The third-order valence-corrected chi connectivity index (χ3v) is 7.17. The van der Waals surface area contributed by atoms with E-state index in [1.54, 1.807) is 41.8 Å². The SMILES string of the molecule is C=CCOc1ccc(C2/C(=C(\O)c3c(C)nc4ccccn34)C(=O)C(=O)N2CCN2CCOCC2)cc1OCC. The van der Waals surface area contributed by atoms with E-state index >= 15 is 0 Å². The van der Waals surface area contributed by atoms with Gasteiger partial charge < -0.3 is 24.2 Å². The zero-order valence-electron chi connectivity index (χ0n) is 22.8. The van der Waals surface area contributed by atoms with Crippen molar-refractivity contribution in [2.75, 3.05) is 52.6 Å². The lowest BCUT2D eigenvalue weighted by Crippen LogP contribution is -2.42. The Kier molecular flexibility index (Phi) is 8.18. The summed E-state index contributed by atoms with van der Waals surface area (Å²) in [5.74, 6) is -0.658. The number of carbonyl (C=O) groups excluding carboxylic acids is 2. The number of aliphatic hydroxyl groups excluding tert-OH is 1. The van der Waals surface area contributed by atoms with Crippen LogP contribution in [0.1, 0.15) is 29.9 Å². The fraction of sp³-hybridized carbons (Fsp3) is 0.367. The number of nitrogens with zero attached hydrogens (tertiary/aromatic N) is 4. The molecule has 2 fully saturated rings. The van der Waals surface area contributed by atoms with Gasteiger partial charge in [0.25, 0.3) is 11.7 Å². The standard InChI is InChI=1S/C30H34N4O6/c1-4-16-40-22-10-9-21(19-23(22)39-5-2)27-25(28(35)26-20(3)31-24-8-6-7-11-33(24)26)29(36)30(37)34(27)13-12-32-14-17-38-18-15-32/h4,6-11,19,27,35H,1,5,12-18H2,2-3H3/b28-25+. The predicted molar refractivity (Wildman–Crippen MR) is 150 cm³/mol. The molecule has 3 aromatic rings. The van der Waals surface area contributed by atoms with E-state index in [0.29, 0.717) is 73.6 Å². The van der Waals surface area contributed by atoms with Gasteiger partial charge in [0.1, 0.15) is 17.9 Å². The predicted octanol–water partition coefficient (Wildman–Crippen LogP) is 3.36. The molecule has 1 atom stereocenters. The first-order chi connectivity index (χ1) is 19.4.